The van der Waals surface area contributed by atoms with Gasteiger partial charge in [-0.05, 0) is 39.2 Å². The smallest absolute Gasteiger partial charge is 0.240 e. The van der Waals surface area contributed by atoms with Crippen molar-refractivity contribution in [3.05, 3.63) is 46.8 Å². The van der Waals surface area contributed by atoms with Crippen LogP contribution in [-0.4, -0.2) is 33.8 Å². The number of carbonyl (C=O) groups excluding carboxylic acids is 2. The van der Waals surface area contributed by atoms with E-state index in [1.807, 2.05) is 18.5 Å². The van der Waals surface area contributed by atoms with Crippen molar-refractivity contribution < 1.29 is 14.3 Å². The van der Waals surface area contributed by atoms with E-state index in [4.69, 9.17) is 4.74 Å². The van der Waals surface area contributed by atoms with Crippen LogP contribution in [0.15, 0.2) is 24.3 Å². The van der Waals surface area contributed by atoms with E-state index in [1.165, 1.54) is 10.5 Å². The lowest BCUT2D eigenvalue weighted by atomic mass is 9.81. The molecular weight excluding hydrogens is 342 g/mol. The fraction of sp³-hybridized carbons (Fsp3) is 0.476. The Bertz CT molecular complexity index is 918. The van der Waals surface area contributed by atoms with E-state index in [0.717, 1.165) is 29.8 Å². The number of amides is 2. The van der Waals surface area contributed by atoms with Crippen molar-refractivity contribution in [3.63, 3.8) is 0 Å². The summed E-state index contributed by atoms with van der Waals surface area (Å²) in [4.78, 5) is 27.6. The molecule has 0 spiro atoms. The monoisotopic (exact) mass is 365 g/mol. The quantitative estimate of drug-likeness (QED) is 0.784. The van der Waals surface area contributed by atoms with E-state index in [1.54, 1.807) is 0 Å². The third-order valence-electron chi connectivity index (χ3n) is 6.30. The number of nitrogens with zero attached hydrogens (tertiary/aromatic N) is 3. The average molecular weight is 365 g/mol. The number of aryl methyl sites for hydroxylation is 2. The van der Waals surface area contributed by atoms with Gasteiger partial charge in [-0.2, -0.15) is 5.10 Å². The Kier molecular flexibility index (Phi) is 3.56. The molecule has 4 atom stereocenters. The van der Waals surface area contributed by atoms with Gasteiger partial charge < -0.3 is 4.74 Å². The van der Waals surface area contributed by atoms with Crippen molar-refractivity contribution in [1.29, 1.82) is 0 Å². The maximum Gasteiger partial charge on any atom is 0.240 e. The first-order valence-corrected chi connectivity index (χ1v) is 9.58. The minimum atomic E-state index is -0.310. The molecule has 0 saturated carbocycles. The molecule has 3 saturated heterocycles. The van der Waals surface area contributed by atoms with Crippen LogP contribution in [0.1, 0.15) is 35.4 Å². The van der Waals surface area contributed by atoms with E-state index in [-0.39, 0.29) is 35.9 Å². The Labute approximate surface area is 158 Å². The number of hydrogen-bond donors (Lipinski definition) is 0. The van der Waals surface area contributed by atoms with E-state index >= 15 is 0 Å². The van der Waals surface area contributed by atoms with Crippen LogP contribution < -0.4 is 4.90 Å². The summed E-state index contributed by atoms with van der Waals surface area (Å²) in [5, 5.41) is 4.63. The molecule has 1 aromatic carbocycles. The molecule has 3 aliphatic rings. The molecule has 0 radical (unpaired) electrons. The lowest BCUT2D eigenvalue weighted by Crippen LogP contribution is -2.35. The van der Waals surface area contributed by atoms with Crippen molar-refractivity contribution in [2.45, 2.75) is 52.4 Å². The number of aromatic nitrogens is 2. The van der Waals surface area contributed by atoms with E-state index < -0.39 is 0 Å². The molecule has 3 fully saturated rings. The van der Waals surface area contributed by atoms with Gasteiger partial charge in [0.25, 0.3) is 0 Å². The number of anilines is 1. The minimum absolute atomic E-state index is 0.0929. The second kappa shape index (κ2) is 5.76. The molecule has 140 valence electrons. The zero-order valence-electron chi connectivity index (χ0n) is 15.8. The second-order valence-corrected chi connectivity index (χ2v) is 8.02. The highest BCUT2D eigenvalue weighted by atomic mass is 16.5. The van der Waals surface area contributed by atoms with Crippen molar-refractivity contribution in [2.75, 3.05) is 4.90 Å². The average Bonchev–Trinajstić information content (AvgIpc) is 3.37. The number of rotatable bonds is 3. The number of ether oxygens (including phenoxy) is 1. The van der Waals surface area contributed by atoms with Gasteiger partial charge in [-0.15, -0.1) is 0 Å². The van der Waals surface area contributed by atoms with Crippen LogP contribution in [0.2, 0.25) is 0 Å². The van der Waals surface area contributed by atoms with Gasteiger partial charge in [0.2, 0.25) is 11.8 Å². The molecule has 5 rings (SSSR count). The third kappa shape index (κ3) is 2.32. The molecule has 27 heavy (non-hydrogen) atoms. The Morgan fingerprint density at radius 1 is 1.00 bits per heavy atom. The first-order chi connectivity index (χ1) is 13.0. The van der Waals surface area contributed by atoms with Crippen LogP contribution in [0.4, 0.5) is 5.69 Å². The summed E-state index contributed by atoms with van der Waals surface area (Å²) >= 11 is 0. The molecule has 0 aliphatic carbocycles. The van der Waals surface area contributed by atoms with Gasteiger partial charge in [0, 0.05) is 0 Å². The zero-order valence-corrected chi connectivity index (χ0v) is 15.8. The highest BCUT2D eigenvalue weighted by Crippen LogP contribution is 2.50. The predicted molar refractivity (Wildman–Crippen MR) is 99.4 cm³/mol. The number of hydrogen-bond acceptors (Lipinski definition) is 4. The van der Waals surface area contributed by atoms with Gasteiger partial charge in [-0.1, -0.05) is 29.8 Å². The third-order valence-corrected chi connectivity index (χ3v) is 6.30. The van der Waals surface area contributed by atoms with Crippen LogP contribution in [0.3, 0.4) is 0 Å². The van der Waals surface area contributed by atoms with Gasteiger partial charge in [0.15, 0.2) is 0 Å². The van der Waals surface area contributed by atoms with Gasteiger partial charge in [0.1, 0.15) is 0 Å². The SMILES string of the molecule is Cc1ccc(Cn2nc(C)c(N3C(=O)[C@@H]4[C@H](C3=O)[C@H]3CC[C@@H]4O3)c2C)cc1. The Morgan fingerprint density at radius 3 is 2.19 bits per heavy atom. The molecule has 2 amide bonds. The summed E-state index contributed by atoms with van der Waals surface area (Å²) in [5.41, 5.74) is 4.58. The molecule has 3 aliphatic heterocycles. The number of benzene rings is 1. The van der Waals surface area contributed by atoms with Crippen LogP contribution in [0.25, 0.3) is 0 Å². The predicted octanol–water partition coefficient (Wildman–Crippen LogP) is 2.52. The zero-order chi connectivity index (χ0) is 18.9. The van der Waals surface area contributed by atoms with Crippen molar-refractivity contribution in [3.8, 4) is 0 Å². The summed E-state index contributed by atoms with van der Waals surface area (Å²) in [6.45, 7) is 6.48. The Morgan fingerprint density at radius 2 is 1.59 bits per heavy atom. The number of imide groups is 1. The summed E-state index contributed by atoms with van der Waals surface area (Å²) in [5.74, 6) is -0.845. The second-order valence-electron chi connectivity index (χ2n) is 8.02. The molecule has 2 bridgehead atoms. The van der Waals surface area contributed by atoms with Gasteiger partial charge in [-0.25, -0.2) is 4.90 Å². The van der Waals surface area contributed by atoms with Gasteiger partial charge in [-0.3, -0.25) is 14.3 Å². The van der Waals surface area contributed by atoms with E-state index in [2.05, 4.69) is 36.3 Å². The van der Waals surface area contributed by atoms with Crippen molar-refractivity contribution in [2.24, 2.45) is 11.8 Å². The normalized spacial score (nSPS) is 29.1. The summed E-state index contributed by atoms with van der Waals surface area (Å²) < 4.78 is 7.71. The molecule has 0 N–H and O–H groups in total. The molecule has 1 aromatic heterocycles. The lowest BCUT2D eigenvalue weighted by Gasteiger charge is -2.18. The van der Waals surface area contributed by atoms with E-state index in [0.29, 0.717) is 12.2 Å². The molecular formula is C21H23N3O3. The topological polar surface area (TPSA) is 64.4 Å². The van der Waals surface area contributed by atoms with E-state index in [9.17, 15) is 9.59 Å². The van der Waals surface area contributed by atoms with Crippen LogP contribution in [-0.2, 0) is 20.9 Å². The molecule has 2 aromatic rings. The minimum Gasteiger partial charge on any atom is -0.373 e. The number of carbonyl (C=O) groups is 2. The van der Waals surface area contributed by atoms with Gasteiger partial charge >= 0.3 is 0 Å². The number of fused-ring (bicyclic) bond motifs is 5. The lowest BCUT2D eigenvalue weighted by molar-refractivity contribution is -0.124. The molecule has 6 nitrogen and oxygen atoms in total. The highest BCUT2D eigenvalue weighted by molar-refractivity contribution is 6.23. The maximum atomic E-state index is 13.1. The summed E-state index contributed by atoms with van der Waals surface area (Å²) in [7, 11) is 0. The molecule has 0 unspecified atom stereocenters. The van der Waals surface area contributed by atoms with Crippen molar-refractivity contribution >= 4 is 17.5 Å². The Balaban J connectivity index is 1.49. The summed E-state index contributed by atoms with van der Waals surface area (Å²) in [6.07, 6.45) is 1.57. The Hall–Kier alpha value is -2.47. The van der Waals surface area contributed by atoms with Crippen molar-refractivity contribution in [1.82, 2.24) is 9.78 Å². The standard InChI is InChI=1S/C21H23N3O3/c1-11-4-6-14(7-5-11)10-23-13(3)19(12(2)22-23)24-20(25)17-15-8-9-16(27-15)18(17)21(24)26/h4-7,15-18H,8-10H2,1-3H3/t15-,16+,17-,18+. The van der Waals surface area contributed by atoms with Gasteiger partial charge in [0.05, 0.1) is 47.7 Å². The molecule has 4 heterocycles. The fourth-order valence-corrected chi connectivity index (χ4v) is 4.96. The first-order valence-electron chi connectivity index (χ1n) is 9.58. The van der Waals surface area contributed by atoms with Crippen LogP contribution >= 0.6 is 0 Å². The maximum absolute atomic E-state index is 13.1. The summed E-state index contributed by atoms with van der Waals surface area (Å²) in [6, 6.07) is 8.31. The first kappa shape index (κ1) is 16.7. The van der Waals surface area contributed by atoms with Crippen LogP contribution in [0, 0.1) is 32.6 Å². The van der Waals surface area contributed by atoms with Crippen LogP contribution in [0.5, 0.6) is 0 Å². The highest BCUT2D eigenvalue weighted by Gasteiger charge is 2.63. The fourth-order valence-electron chi connectivity index (χ4n) is 4.96. The largest absolute Gasteiger partial charge is 0.373 e. The molecule has 6 heteroatoms.